The van der Waals surface area contributed by atoms with Crippen molar-refractivity contribution in [2.45, 2.75) is 32.2 Å². The van der Waals surface area contributed by atoms with E-state index < -0.39 is 6.09 Å². The van der Waals surface area contributed by atoms with Gasteiger partial charge in [-0.25, -0.2) is 9.78 Å². The zero-order chi connectivity index (χ0) is 19.5. The normalized spacial score (nSPS) is 16.7. The van der Waals surface area contributed by atoms with E-state index in [1.165, 1.54) is 0 Å². The number of ether oxygens (including phenoxy) is 2. The van der Waals surface area contributed by atoms with Crippen LogP contribution in [0.2, 0.25) is 5.02 Å². The minimum absolute atomic E-state index is 0.374. The lowest BCUT2D eigenvalue weighted by Gasteiger charge is -2.29. The molecule has 148 valence electrons. The third-order valence-corrected chi connectivity index (χ3v) is 5.27. The summed E-state index contributed by atoms with van der Waals surface area (Å²) in [6, 6.07) is 9.35. The smallest absolute Gasteiger partial charge is 0.408 e. The molecule has 1 aromatic carbocycles. The molecule has 0 atom stereocenters. The standard InChI is InChI=1S/C21H24ClN3O3/c1-14-12-18(25-8-10-27-11-9-25)24-19(16-4-5-16)20(14)28-21(26)23-13-15-2-6-17(22)7-3-15/h2-3,6-7,12,16H,4-5,8-11,13H2,1H3,(H,23,26). The monoisotopic (exact) mass is 401 g/mol. The Morgan fingerprint density at radius 1 is 1.29 bits per heavy atom. The third kappa shape index (κ3) is 4.56. The van der Waals surface area contributed by atoms with Gasteiger partial charge in [0.2, 0.25) is 0 Å². The number of aromatic nitrogens is 1. The van der Waals surface area contributed by atoms with Crippen LogP contribution in [0, 0.1) is 6.92 Å². The summed E-state index contributed by atoms with van der Waals surface area (Å²) in [5.41, 5.74) is 2.78. The Hall–Kier alpha value is -2.31. The molecule has 1 aliphatic heterocycles. The maximum Gasteiger partial charge on any atom is 0.412 e. The van der Waals surface area contributed by atoms with E-state index in [-0.39, 0.29) is 0 Å². The summed E-state index contributed by atoms with van der Waals surface area (Å²) >= 11 is 5.89. The number of morpholine rings is 1. The molecule has 7 heteroatoms. The van der Waals surface area contributed by atoms with Gasteiger partial charge in [-0.15, -0.1) is 0 Å². The lowest BCUT2D eigenvalue weighted by atomic mass is 10.1. The van der Waals surface area contributed by atoms with Crippen molar-refractivity contribution in [3.05, 3.63) is 52.2 Å². The van der Waals surface area contributed by atoms with Gasteiger partial charge in [0.05, 0.1) is 18.9 Å². The molecule has 1 saturated carbocycles. The lowest BCUT2D eigenvalue weighted by molar-refractivity contribution is 0.122. The summed E-state index contributed by atoms with van der Waals surface area (Å²) in [5.74, 6) is 1.91. The molecular formula is C21H24ClN3O3. The van der Waals surface area contributed by atoms with Crippen LogP contribution in [-0.2, 0) is 11.3 Å². The molecule has 0 unspecified atom stereocenters. The largest absolute Gasteiger partial charge is 0.412 e. The third-order valence-electron chi connectivity index (χ3n) is 5.02. The molecule has 0 radical (unpaired) electrons. The molecule has 1 aliphatic carbocycles. The molecule has 2 aromatic rings. The van der Waals surface area contributed by atoms with E-state index >= 15 is 0 Å². The zero-order valence-electron chi connectivity index (χ0n) is 15.9. The molecule has 1 saturated heterocycles. The molecule has 2 aliphatic rings. The summed E-state index contributed by atoms with van der Waals surface area (Å²) < 4.78 is 11.1. The first kappa shape index (κ1) is 19.0. The average Bonchev–Trinajstić information content (AvgIpc) is 3.55. The highest BCUT2D eigenvalue weighted by molar-refractivity contribution is 6.30. The highest BCUT2D eigenvalue weighted by Crippen LogP contribution is 2.45. The van der Waals surface area contributed by atoms with E-state index in [9.17, 15) is 4.79 Å². The topological polar surface area (TPSA) is 63.7 Å². The highest BCUT2D eigenvalue weighted by Gasteiger charge is 2.31. The second kappa shape index (κ2) is 8.37. The van der Waals surface area contributed by atoms with Gasteiger partial charge in [-0.1, -0.05) is 23.7 Å². The van der Waals surface area contributed by atoms with E-state index in [0.29, 0.717) is 36.4 Å². The van der Waals surface area contributed by atoms with Gasteiger partial charge in [-0.2, -0.15) is 0 Å². The number of carbonyl (C=O) groups excluding carboxylic acids is 1. The Balaban J connectivity index is 1.47. The van der Waals surface area contributed by atoms with Crippen LogP contribution >= 0.6 is 11.6 Å². The van der Waals surface area contributed by atoms with Crippen LogP contribution in [0.15, 0.2) is 30.3 Å². The summed E-state index contributed by atoms with van der Waals surface area (Å²) in [7, 11) is 0. The number of nitrogens with zero attached hydrogens (tertiary/aromatic N) is 2. The highest BCUT2D eigenvalue weighted by atomic mass is 35.5. The van der Waals surface area contributed by atoms with E-state index in [0.717, 1.165) is 48.6 Å². The first-order valence-corrected chi connectivity index (χ1v) is 10.0. The molecule has 2 fully saturated rings. The molecule has 28 heavy (non-hydrogen) atoms. The van der Waals surface area contributed by atoms with Crippen molar-refractivity contribution in [2.75, 3.05) is 31.2 Å². The number of nitrogens with one attached hydrogen (secondary N) is 1. The fraction of sp³-hybridized carbons (Fsp3) is 0.429. The van der Waals surface area contributed by atoms with E-state index in [2.05, 4.69) is 10.2 Å². The fourth-order valence-corrected chi connectivity index (χ4v) is 3.42. The van der Waals surface area contributed by atoms with Gasteiger partial charge in [-0.05, 0) is 49.1 Å². The molecule has 1 amide bonds. The van der Waals surface area contributed by atoms with Crippen LogP contribution in [0.5, 0.6) is 5.75 Å². The Morgan fingerprint density at radius 2 is 2.00 bits per heavy atom. The average molecular weight is 402 g/mol. The minimum atomic E-state index is -0.471. The summed E-state index contributed by atoms with van der Waals surface area (Å²) in [6.45, 7) is 5.44. The number of hydrogen-bond donors (Lipinski definition) is 1. The Kier molecular flexibility index (Phi) is 5.69. The van der Waals surface area contributed by atoms with Crippen molar-refractivity contribution < 1.29 is 14.3 Å². The van der Waals surface area contributed by atoms with Crippen molar-refractivity contribution in [3.8, 4) is 5.75 Å². The van der Waals surface area contributed by atoms with E-state index in [1.54, 1.807) is 12.1 Å². The van der Waals surface area contributed by atoms with Crippen molar-refractivity contribution in [3.63, 3.8) is 0 Å². The van der Waals surface area contributed by atoms with Crippen LogP contribution in [0.3, 0.4) is 0 Å². The number of carbonyl (C=O) groups is 1. The number of rotatable bonds is 5. The molecule has 1 N–H and O–H groups in total. The Morgan fingerprint density at radius 3 is 2.68 bits per heavy atom. The SMILES string of the molecule is Cc1cc(N2CCOCC2)nc(C2CC2)c1OC(=O)NCc1ccc(Cl)cc1. The van der Waals surface area contributed by atoms with Gasteiger partial charge < -0.3 is 19.7 Å². The number of halogens is 1. The number of pyridine rings is 1. The van der Waals surface area contributed by atoms with Crippen molar-refractivity contribution in [2.24, 2.45) is 0 Å². The molecule has 2 heterocycles. The first-order chi connectivity index (χ1) is 13.6. The first-order valence-electron chi connectivity index (χ1n) is 9.64. The predicted molar refractivity (Wildman–Crippen MR) is 108 cm³/mol. The minimum Gasteiger partial charge on any atom is -0.408 e. The Bertz CT molecular complexity index is 847. The molecule has 0 bridgehead atoms. The molecule has 0 spiro atoms. The molecule has 4 rings (SSSR count). The molecular weight excluding hydrogens is 378 g/mol. The summed E-state index contributed by atoms with van der Waals surface area (Å²) in [6.07, 6.45) is 1.70. The Labute approximate surface area is 169 Å². The van der Waals surface area contributed by atoms with Gasteiger partial charge in [0.1, 0.15) is 5.82 Å². The van der Waals surface area contributed by atoms with Crippen LogP contribution in [-0.4, -0.2) is 37.4 Å². The number of anilines is 1. The quantitative estimate of drug-likeness (QED) is 0.818. The van der Waals surface area contributed by atoms with Gasteiger partial charge in [0.25, 0.3) is 0 Å². The summed E-state index contributed by atoms with van der Waals surface area (Å²) in [4.78, 5) is 19.5. The van der Waals surface area contributed by atoms with Gasteiger partial charge in [0, 0.05) is 30.6 Å². The van der Waals surface area contributed by atoms with Crippen molar-refractivity contribution in [1.82, 2.24) is 10.3 Å². The second-order valence-corrected chi connectivity index (χ2v) is 7.69. The summed E-state index contributed by atoms with van der Waals surface area (Å²) in [5, 5.41) is 3.47. The number of benzene rings is 1. The van der Waals surface area contributed by atoms with Crippen LogP contribution in [0.1, 0.15) is 35.6 Å². The zero-order valence-corrected chi connectivity index (χ0v) is 16.7. The van der Waals surface area contributed by atoms with Crippen molar-refractivity contribution >= 4 is 23.5 Å². The molecule has 1 aromatic heterocycles. The lowest BCUT2D eigenvalue weighted by Crippen LogP contribution is -2.37. The number of aryl methyl sites for hydroxylation is 1. The maximum atomic E-state index is 12.4. The van der Waals surface area contributed by atoms with Crippen molar-refractivity contribution in [1.29, 1.82) is 0 Å². The maximum absolute atomic E-state index is 12.4. The number of hydrogen-bond acceptors (Lipinski definition) is 5. The van der Waals surface area contributed by atoms with Crippen LogP contribution < -0.4 is 15.0 Å². The van der Waals surface area contributed by atoms with Gasteiger partial charge >= 0.3 is 6.09 Å². The van der Waals surface area contributed by atoms with Crippen LogP contribution in [0.25, 0.3) is 0 Å². The van der Waals surface area contributed by atoms with E-state index in [1.807, 2.05) is 25.1 Å². The van der Waals surface area contributed by atoms with Crippen LogP contribution in [0.4, 0.5) is 10.6 Å². The fourth-order valence-electron chi connectivity index (χ4n) is 3.29. The van der Waals surface area contributed by atoms with Gasteiger partial charge in [0.15, 0.2) is 5.75 Å². The van der Waals surface area contributed by atoms with E-state index in [4.69, 9.17) is 26.1 Å². The van der Waals surface area contributed by atoms with Gasteiger partial charge in [-0.3, -0.25) is 0 Å². The number of amides is 1. The molecule has 6 nitrogen and oxygen atoms in total. The second-order valence-electron chi connectivity index (χ2n) is 7.25. The predicted octanol–water partition coefficient (Wildman–Crippen LogP) is 4.05.